The van der Waals surface area contributed by atoms with Gasteiger partial charge < -0.3 is 24.3 Å². The fraction of sp³-hybridized carbons (Fsp3) is 0.316. The zero-order valence-corrected chi connectivity index (χ0v) is 14.7. The van der Waals surface area contributed by atoms with Crippen LogP contribution in [0.25, 0.3) is 0 Å². The van der Waals surface area contributed by atoms with E-state index in [4.69, 9.17) is 18.9 Å². The minimum Gasteiger partial charge on any atom is -0.497 e. The molecule has 0 atom stereocenters. The van der Waals surface area contributed by atoms with Gasteiger partial charge in [0, 0.05) is 6.54 Å². The molecule has 2 aromatic rings. The second-order valence-corrected chi connectivity index (χ2v) is 5.23. The van der Waals surface area contributed by atoms with Crippen LogP contribution in [0.1, 0.15) is 5.56 Å². The lowest BCUT2D eigenvalue weighted by atomic mass is 10.1. The van der Waals surface area contributed by atoms with Crippen molar-refractivity contribution in [3.05, 3.63) is 48.0 Å². The van der Waals surface area contributed by atoms with Crippen LogP contribution in [0, 0.1) is 0 Å². The van der Waals surface area contributed by atoms with Gasteiger partial charge in [-0.05, 0) is 36.2 Å². The van der Waals surface area contributed by atoms with Crippen molar-refractivity contribution in [1.29, 1.82) is 0 Å². The molecule has 2 aromatic carbocycles. The first-order valence-corrected chi connectivity index (χ1v) is 7.91. The summed E-state index contributed by atoms with van der Waals surface area (Å²) in [6.45, 7) is 0.440. The molecule has 0 radical (unpaired) electrons. The Morgan fingerprint density at radius 3 is 2.28 bits per heavy atom. The van der Waals surface area contributed by atoms with Gasteiger partial charge in [-0.1, -0.05) is 18.2 Å². The maximum atomic E-state index is 11.9. The second-order valence-electron chi connectivity index (χ2n) is 5.23. The third-order valence-corrected chi connectivity index (χ3v) is 3.62. The summed E-state index contributed by atoms with van der Waals surface area (Å²) in [5, 5.41) is 2.83. The van der Waals surface area contributed by atoms with E-state index in [-0.39, 0.29) is 12.5 Å². The summed E-state index contributed by atoms with van der Waals surface area (Å²) in [6, 6.07) is 13.0. The van der Waals surface area contributed by atoms with Crippen molar-refractivity contribution in [1.82, 2.24) is 5.32 Å². The average molecular weight is 345 g/mol. The first-order valence-electron chi connectivity index (χ1n) is 7.91. The molecule has 0 aliphatic carbocycles. The van der Waals surface area contributed by atoms with E-state index in [1.54, 1.807) is 32.4 Å². The average Bonchev–Trinajstić information content (AvgIpc) is 2.66. The normalized spacial score (nSPS) is 10.0. The van der Waals surface area contributed by atoms with E-state index in [0.29, 0.717) is 23.8 Å². The minimum atomic E-state index is -0.196. The third kappa shape index (κ3) is 5.31. The Morgan fingerprint density at radius 2 is 1.64 bits per heavy atom. The highest BCUT2D eigenvalue weighted by atomic mass is 16.5. The van der Waals surface area contributed by atoms with Gasteiger partial charge in [0.25, 0.3) is 5.91 Å². The van der Waals surface area contributed by atoms with E-state index in [2.05, 4.69) is 5.32 Å². The lowest BCUT2D eigenvalue weighted by Gasteiger charge is -2.13. The fourth-order valence-electron chi connectivity index (χ4n) is 2.30. The molecule has 2 rings (SSSR count). The van der Waals surface area contributed by atoms with Gasteiger partial charge in [-0.3, -0.25) is 4.79 Å². The van der Waals surface area contributed by atoms with Crippen LogP contribution in [-0.2, 0) is 11.2 Å². The van der Waals surface area contributed by atoms with Crippen molar-refractivity contribution in [2.45, 2.75) is 6.42 Å². The molecule has 1 amide bonds. The van der Waals surface area contributed by atoms with Gasteiger partial charge in [-0.15, -0.1) is 0 Å². The van der Waals surface area contributed by atoms with Crippen LogP contribution in [0.15, 0.2) is 42.5 Å². The summed E-state index contributed by atoms with van der Waals surface area (Å²) >= 11 is 0. The molecule has 0 bridgehead atoms. The second kappa shape index (κ2) is 9.42. The highest BCUT2D eigenvalue weighted by molar-refractivity contribution is 5.77. The molecular formula is C19H23NO5. The predicted molar refractivity (Wildman–Crippen MR) is 94.7 cm³/mol. The first-order chi connectivity index (χ1) is 12.2. The quantitative estimate of drug-likeness (QED) is 0.756. The zero-order valence-electron chi connectivity index (χ0n) is 14.7. The summed E-state index contributed by atoms with van der Waals surface area (Å²) in [7, 11) is 4.71. The molecule has 0 aliphatic rings. The molecule has 0 saturated carbocycles. The Labute approximate surface area is 147 Å². The molecule has 0 saturated heterocycles. The molecule has 134 valence electrons. The maximum absolute atomic E-state index is 11.9. The Morgan fingerprint density at radius 1 is 0.920 bits per heavy atom. The molecule has 1 N–H and O–H groups in total. The molecule has 0 heterocycles. The molecule has 6 nitrogen and oxygen atoms in total. The van der Waals surface area contributed by atoms with Crippen molar-refractivity contribution in [2.24, 2.45) is 0 Å². The Hall–Kier alpha value is -2.89. The number of methoxy groups -OCH3 is 3. The van der Waals surface area contributed by atoms with Gasteiger partial charge in [0.2, 0.25) is 5.75 Å². The van der Waals surface area contributed by atoms with Gasteiger partial charge in [-0.2, -0.15) is 0 Å². The number of benzene rings is 2. The lowest BCUT2D eigenvalue weighted by molar-refractivity contribution is -0.123. The van der Waals surface area contributed by atoms with Crippen molar-refractivity contribution in [3.63, 3.8) is 0 Å². The standard InChI is InChI=1S/C19H23NO5/c1-22-15-9-7-14(8-10-15)11-12-20-18(21)13-25-17-6-4-5-16(23-2)19(17)24-3/h4-10H,11-13H2,1-3H3,(H,20,21). The molecule has 0 aliphatic heterocycles. The number of amides is 1. The number of hydrogen-bond donors (Lipinski definition) is 1. The highest BCUT2D eigenvalue weighted by Gasteiger charge is 2.12. The summed E-state index contributed by atoms with van der Waals surface area (Å²) in [5.74, 6) is 2.11. The predicted octanol–water partition coefficient (Wildman–Crippen LogP) is 2.45. The van der Waals surface area contributed by atoms with Crippen LogP contribution >= 0.6 is 0 Å². The minimum absolute atomic E-state index is 0.0911. The van der Waals surface area contributed by atoms with E-state index in [1.807, 2.05) is 24.3 Å². The SMILES string of the molecule is COc1ccc(CCNC(=O)COc2cccc(OC)c2OC)cc1. The monoisotopic (exact) mass is 345 g/mol. The van der Waals surface area contributed by atoms with E-state index >= 15 is 0 Å². The van der Waals surface area contributed by atoms with Gasteiger partial charge in [0.1, 0.15) is 5.75 Å². The van der Waals surface area contributed by atoms with E-state index in [9.17, 15) is 4.79 Å². The van der Waals surface area contributed by atoms with E-state index in [1.165, 1.54) is 7.11 Å². The smallest absolute Gasteiger partial charge is 0.257 e. The lowest BCUT2D eigenvalue weighted by Crippen LogP contribution is -2.30. The molecule has 0 spiro atoms. The third-order valence-electron chi connectivity index (χ3n) is 3.62. The molecular weight excluding hydrogens is 322 g/mol. The Balaban J connectivity index is 1.79. The van der Waals surface area contributed by atoms with Crippen LogP contribution < -0.4 is 24.3 Å². The Kier molecular flexibility index (Phi) is 6.95. The van der Waals surface area contributed by atoms with E-state index in [0.717, 1.165) is 17.7 Å². The fourth-order valence-corrected chi connectivity index (χ4v) is 2.30. The van der Waals surface area contributed by atoms with Crippen molar-refractivity contribution >= 4 is 5.91 Å². The summed E-state index contributed by atoms with van der Waals surface area (Å²) in [6.07, 6.45) is 0.734. The number of carbonyl (C=O) groups excluding carboxylic acids is 1. The molecule has 0 aromatic heterocycles. The number of carbonyl (C=O) groups is 1. The summed E-state index contributed by atoms with van der Waals surface area (Å²) in [4.78, 5) is 11.9. The van der Waals surface area contributed by atoms with Gasteiger partial charge >= 0.3 is 0 Å². The van der Waals surface area contributed by atoms with Crippen LogP contribution in [0.3, 0.4) is 0 Å². The van der Waals surface area contributed by atoms with Gasteiger partial charge in [0.15, 0.2) is 18.1 Å². The van der Waals surface area contributed by atoms with Crippen LogP contribution in [0.4, 0.5) is 0 Å². The Bertz CT molecular complexity index is 685. The highest BCUT2D eigenvalue weighted by Crippen LogP contribution is 2.36. The van der Waals surface area contributed by atoms with Crippen molar-refractivity contribution < 1.29 is 23.7 Å². The number of hydrogen-bond acceptors (Lipinski definition) is 5. The topological polar surface area (TPSA) is 66.0 Å². The van der Waals surface area contributed by atoms with Crippen molar-refractivity contribution in [3.8, 4) is 23.0 Å². The number of para-hydroxylation sites is 1. The van der Waals surface area contributed by atoms with E-state index < -0.39 is 0 Å². The molecule has 0 fully saturated rings. The first kappa shape index (κ1) is 18.4. The van der Waals surface area contributed by atoms with Crippen LogP contribution in [0.5, 0.6) is 23.0 Å². The molecule has 25 heavy (non-hydrogen) atoms. The largest absolute Gasteiger partial charge is 0.497 e. The van der Waals surface area contributed by atoms with Crippen LogP contribution in [0.2, 0.25) is 0 Å². The number of rotatable bonds is 9. The maximum Gasteiger partial charge on any atom is 0.257 e. The number of ether oxygens (including phenoxy) is 4. The summed E-state index contributed by atoms with van der Waals surface area (Å²) < 4.78 is 21.1. The number of nitrogens with one attached hydrogen (secondary N) is 1. The zero-order chi connectivity index (χ0) is 18.1. The molecule has 6 heteroatoms. The molecule has 0 unspecified atom stereocenters. The van der Waals surface area contributed by atoms with Crippen molar-refractivity contribution in [2.75, 3.05) is 34.5 Å². The van der Waals surface area contributed by atoms with Gasteiger partial charge in [0.05, 0.1) is 21.3 Å². The van der Waals surface area contributed by atoms with Crippen LogP contribution in [-0.4, -0.2) is 40.4 Å². The van der Waals surface area contributed by atoms with Gasteiger partial charge in [-0.25, -0.2) is 0 Å². The summed E-state index contributed by atoms with van der Waals surface area (Å²) in [5.41, 5.74) is 1.12.